The zero-order valence-corrected chi connectivity index (χ0v) is 64.1. The van der Waals surface area contributed by atoms with Crippen molar-refractivity contribution in [3.8, 4) is 17.2 Å². The second-order valence-electron chi connectivity index (χ2n) is 24.2. The van der Waals surface area contributed by atoms with Crippen molar-refractivity contribution < 1.29 is 123 Å². The number of hydrogen-bond donors (Lipinski definition) is 9. The average molecular weight is 1650 g/mol. The van der Waals surface area contributed by atoms with Crippen LogP contribution in [0.25, 0.3) is 0 Å². The van der Waals surface area contributed by atoms with Gasteiger partial charge in [0.15, 0.2) is 33.0 Å². The summed E-state index contributed by atoms with van der Waals surface area (Å²) in [6.45, 7) is -1.38. The van der Waals surface area contributed by atoms with Gasteiger partial charge in [-0.3, -0.25) is 71.0 Å². The normalized spacial score (nSPS) is 27.9. The number of methoxy groups -OCH3 is 3. The number of benzene rings is 3. The first kappa shape index (κ1) is 77.0. The number of aliphatic hydroxyl groups is 6. The van der Waals surface area contributed by atoms with E-state index in [-0.39, 0.29) is 31.6 Å². The van der Waals surface area contributed by atoms with Gasteiger partial charge in [0, 0.05) is 51.9 Å². The average Bonchev–Trinajstić information content (AvgIpc) is 1.61. The van der Waals surface area contributed by atoms with Crippen molar-refractivity contribution in [2.24, 2.45) is 17.8 Å². The number of aliphatic hydroxyl groups excluding tert-OH is 3. The third-order valence-corrected chi connectivity index (χ3v) is 23.0. The van der Waals surface area contributed by atoms with Crippen LogP contribution in [0, 0.1) is 32.1 Å². The molecule has 3 aliphatic rings. The Bertz CT molecular complexity index is 4380. The quantitative estimate of drug-likeness (QED) is 0.0102. The summed E-state index contributed by atoms with van der Waals surface area (Å²) in [5.41, 5.74) is -7.94. The van der Waals surface area contributed by atoms with Gasteiger partial charge in [0.2, 0.25) is 0 Å². The van der Waals surface area contributed by atoms with Crippen molar-refractivity contribution in [3.05, 3.63) is 170 Å². The summed E-state index contributed by atoms with van der Waals surface area (Å²) in [4.78, 5) is 77.6. The van der Waals surface area contributed by atoms with Crippen molar-refractivity contribution in [1.29, 1.82) is 0 Å². The zero-order valence-electron chi connectivity index (χ0n) is 62.7. The molecule has 3 saturated heterocycles. The Morgan fingerprint density at radius 2 is 0.695 bits per heavy atom. The van der Waals surface area contributed by atoms with E-state index in [2.05, 4.69) is 29.2 Å². The summed E-state index contributed by atoms with van der Waals surface area (Å²) in [6, 6.07) is 20.2. The van der Waals surface area contributed by atoms with E-state index in [1.165, 1.54) is 133 Å². The van der Waals surface area contributed by atoms with Gasteiger partial charge in [0.25, 0.3) is 16.7 Å². The predicted molar refractivity (Wildman–Crippen MR) is 384 cm³/mol. The lowest BCUT2D eigenvalue weighted by Crippen LogP contribution is -2.44. The molecule has 3 fully saturated rings. The molecule has 0 radical (unpaired) electrons. The van der Waals surface area contributed by atoms with E-state index in [1.54, 1.807) is 0 Å². The largest absolute Gasteiger partial charge is 0.469 e. The SMILES string of the molecule is [2H]C([2H])(OP(=O)(C[C@@H](C)C(=O)OC)Oc1ccc(Cl)cc1)[C@H]1O[C@@H](n2ccc(=O)[nH]c2=S)C(C)(O)[C@H]1O.[2H]C([2H])(O[P@@](=O)(C[C@@H](C)C(=O)OC)Oc1ccc(Cl)cc1)[C@H]1O[C@@H](n2ccc(=O)[nH]c2=S)C(C)(O)[C@H]1O.[2H]C([2H])(O[P@](=O)(C[C@@H](C)C(=O)OC)Oc1ccc(Cl)cc1)[C@H]1O[C@@H](n2ccc(=O)[nH]c2=S)C(C)(O)[C@H]1O. The fraction of sp³-hybridized carbons (Fsp3) is 0.476. The topological polar surface area (TPSA) is 448 Å². The summed E-state index contributed by atoms with van der Waals surface area (Å²) < 4.78 is 159. The highest BCUT2D eigenvalue weighted by Crippen LogP contribution is 2.54. The number of rotatable bonds is 27. The molecule has 6 aromatic rings. The monoisotopic (exact) mass is 1650 g/mol. The van der Waals surface area contributed by atoms with Crippen molar-refractivity contribution in [3.63, 3.8) is 0 Å². The van der Waals surface area contributed by atoms with Crippen LogP contribution < -0.4 is 30.2 Å². The Labute approximate surface area is 638 Å². The fourth-order valence-electron chi connectivity index (χ4n) is 10.0. The van der Waals surface area contributed by atoms with Crippen molar-refractivity contribution in [1.82, 2.24) is 28.7 Å². The molecular formula is C63H78Cl3N6O27P3S3. The van der Waals surface area contributed by atoms with E-state index in [1.807, 2.05) is 0 Å². The van der Waals surface area contributed by atoms with Gasteiger partial charge in [-0.1, -0.05) is 55.6 Å². The van der Waals surface area contributed by atoms with E-state index in [9.17, 15) is 73.1 Å². The lowest BCUT2D eigenvalue weighted by molar-refractivity contribution is -0.145. The highest BCUT2D eigenvalue weighted by atomic mass is 35.5. The standard InChI is InChI=1S/3C21H26ClN2O9PS/c3*1-12(18(27)30-3)11-34(29,33-14-6-4-13(22)5-7-14)31-10-15-17(26)21(2,28)19(32-15)24-9-8-16(25)23-20(24)35/h3*4-9,12,15,17,19,26,28H,10-11H2,1-3H3,(H,23,25,35)/t12-,15-,17+,19-,21?,34?;12-,15-,17+,19-,21?,34+;12-,15-,17+,19-,21?,34-/m111/s1/i3*10D2. The first-order valence-corrected chi connectivity index (χ1v) is 38.4. The van der Waals surface area contributed by atoms with Crippen LogP contribution in [0.5, 0.6) is 17.2 Å². The van der Waals surface area contributed by atoms with Gasteiger partial charge in [0.1, 0.15) is 70.7 Å². The van der Waals surface area contributed by atoms with E-state index in [4.69, 9.17) is 121 Å². The Morgan fingerprint density at radius 3 is 0.895 bits per heavy atom. The Balaban J connectivity index is 0.000000231. The molecule has 9 rings (SSSR count). The summed E-state index contributed by atoms with van der Waals surface area (Å²) in [7, 11) is -10.1. The van der Waals surface area contributed by atoms with Crippen LogP contribution >= 0.6 is 94.2 Å². The number of halogens is 3. The molecule has 33 nitrogen and oxygen atoms in total. The molecular weight excluding hydrogens is 1570 g/mol. The van der Waals surface area contributed by atoms with Crippen LogP contribution in [0.2, 0.25) is 15.1 Å². The van der Waals surface area contributed by atoms with Gasteiger partial charge < -0.3 is 72.6 Å². The van der Waals surface area contributed by atoms with Gasteiger partial charge in [-0.15, -0.1) is 0 Å². The van der Waals surface area contributed by atoms with Crippen molar-refractivity contribution >= 4 is 112 Å². The number of nitrogens with one attached hydrogen (secondary N) is 3. The number of nitrogens with zero attached hydrogens (tertiary/aromatic N) is 3. The van der Waals surface area contributed by atoms with Crippen LogP contribution in [0.3, 0.4) is 0 Å². The second-order valence-corrected chi connectivity index (χ2v) is 32.5. The molecule has 6 heterocycles. The Hall–Kier alpha value is -6.15. The van der Waals surface area contributed by atoms with Gasteiger partial charge in [0.05, 0.1) is 85.5 Å². The molecule has 105 heavy (non-hydrogen) atoms. The summed E-state index contributed by atoms with van der Waals surface area (Å²) in [5, 5.41) is 66.5. The maximum Gasteiger partial charge on any atom is 0.380 e. The molecule has 0 aliphatic carbocycles. The number of esters is 3. The molecule has 3 aromatic carbocycles. The molecule has 0 bridgehead atoms. The number of aromatic nitrogens is 6. The van der Waals surface area contributed by atoms with Crippen LogP contribution in [0.4, 0.5) is 0 Å². The van der Waals surface area contributed by atoms with Gasteiger partial charge in [-0.2, -0.15) is 0 Å². The first-order valence-electron chi connectivity index (χ1n) is 33.9. The second kappa shape index (κ2) is 36.4. The van der Waals surface area contributed by atoms with E-state index in [0.29, 0.717) is 15.1 Å². The molecule has 576 valence electrons. The number of H-pyrrole nitrogens is 3. The zero-order chi connectivity index (χ0) is 83.3. The van der Waals surface area contributed by atoms with E-state index >= 15 is 0 Å². The molecule has 0 spiro atoms. The molecule has 4 unspecified atom stereocenters. The number of carbonyl (C=O) groups excluding carboxylic acids is 3. The minimum atomic E-state index is -4.50. The third-order valence-electron chi connectivity index (χ3n) is 15.7. The van der Waals surface area contributed by atoms with E-state index in [0.717, 1.165) is 53.2 Å². The minimum absolute atomic E-state index is 0.0119. The molecule has 18 atom stereocenters. The third kappa shape index (κ3) is 22.3. The van der Waals surface area contributed by atoms with Gasteiger partial charge in [-0.25, -0.2) is 13.7 Å². The lowest BCUT2D eigenvalue weighted by Gasteiger charge is -2.28. The molecule has 42 heteroatoms. The van der Waals surface area contributed by atoms with Crippen LogP contribution in [0.15, 0.2) is 124 Å². The lowest BCUT2D eigenvalue weighted by atomic mass is 9.96. The van der Waals surface area contributed by atoms with Crippen LogP contribution in [0.1, 0.15) is 68.5 Å². The molecule has 3 aliphatic heterocycles. The first-order chi connectivity index (χ1) is 51.3. The number of aromatic amines is 3. The van der Waals surface area contributed by atoms with Crippen LogP contribution in [-0.2, 0) is 70.1 Å². The van der Waals surface area contributed by atoms with Gasteiger partial charge in [-0.05, 0) is 130 Å². The van der Waals surface area contributed by atoms with Crippen LogP contribution in [-0.4, -0.2) is 190 Å². The molecule has 0 amide bonds. The van der Waals surface area contributed by atoms with Crippen molar-refractivity contribution in [2.75, 3.05) is 59.5 Å². The molecule has 9 N–H and O–H groups in total. The maximum absolute atomic E-state index is 13.8. The summed E-state index contributed by atoms with van der Waals surface area (Å²) in [5.74, 6) is -5.25. The summed E-state index contributed by atoms with van der Waals surface area (Å²) >= 11 is 32.9. The van der Waals surface area contributed by atoms with Crippen molar-refractivity contribution in [2.45, 2.75) is 114 Å². The smallest absolute Gasteiger partial charge is 0.380 e. The minimum Gasteiger partial charge on any atom is -0.469 e. The highest BCUT2D eigenvalue weighted by molar-refractivity contribution is 7.71. The molecule has 0 saturated carbocycles. The van der Waals surface area contributed by atoms with E-state index < -0.39 is 185 Å². The van der Waals surface area contributed by atoms with Gasteiger partial charge >= 0.3 is 40.7 Å². The Kier molecular flexibility index (Phi) is 26.7. The number of hydrogen-bond acceptors (Lipinski definition) is 30. The summed E-state index contributed by atoms with van der Waals surface area (Å²) in [6.07, 6.45) is -14.0. The number of ether oxygens (including phenoxy) is 6. The predicted octanol–water partition coefficient (Wildman–Crippen LogP) is 8.00. The molecule has 3 aromatic heterocycles. The highest BCUT2D eigenvalue weighted by Gasteiger charge is 2.57. The fourth-order valence-corrected chi connectivity index (χ4v) is 16.3. The maximum atomic E-state index is 13.8. The Morgan fingerprint density at radius 1 is 0.476 bits per heavy atom. The number of carbonyl (C=O) groups is 3.